The van der Waals surface area contributed by atoms with Gasteiger partial charge in [0.05, 0.1) is 6.61 Å². The van der Waals surface area contributed by atoms with E-state index in [1.807, 2.05) is 0 Å². The molecule has 0 radical (unpaired) electrons. The van der Waals surface area contributed by atoms with Gasteiger partial charge in [-0.25, -0.2) is 14.4 Å². The molecule has 0 fully saturated rings. The maximum atomic E-state index is 12.4. The number of nitrogens with zero attached hydrogens (tertiary/aromatic N) is 1. The van der Waals surface area contributed by atoms with Crippen molar-refractivity contribution in [3.8, 4) is 0 Å². The molecule has 0 aromatic rings. The lowest BCUT2D eigenvalue weighted by molar-refractivity contribution is -0.139. The Balaban J connectivity index is 4.87. The number of carbonyl (C=O) groups is 4. The Labute approximate surface area is 160 Å². The molecule has 3 amide bonds. The minimum Gasteiger partial charge on any atom is -0.462 e. The van der Waals surface area contributed by atoms with Crippen LogP contribution in [0.25, 0.3) is 0 Å². The van der Waals surface area contributed by atoms with Crippen LogP contribution in [0.5, 0.6) is 0 Å². The lowest BCUT2D eigenvalue weighted by Gasteiger charge is -2.27. The number of hydrogen-bond acceptors (Lipinski definition) is 7. The van der Waals surface area contributed by atoms with E-state index in [4.69, 9.17) is 14.2 Å². The Kier molecular flexibility index (Phi) is 9.19. The van der Waals surface area contributed by atoms with Crippen LogP contribution in [0, 0.1) is 0 Å². The molecule has 0 aliphatic carbocycles. The van der Waals surface area contributed by atoms with Crippen LogP contribution in [0.1, 0.15) is 67.7 Å². The van der Waals surface area contributed by atoms with Crippen molar-refractivity contribution in [3.63, 3.8) is 0 Å². The maximum Gasteiger partial charge on any atom is 0.426 e. The van der Waals surface area contributed by atoms with Gasteiger partial charge in [0, 0.05) is 12.0 Å². The van der Waals surface area contributed by atoms with Gasteiger partial charge in [0.1, 0.15) is 11.2 Å². The van der Waals surface area contributed by atoms with Crippen molar-refractivity contribution in [2.45, 2.75) is 78.9 Å². The number of amides is 3. The highest BCUT2D eigenvalue weighted by atomic mass is 16.6. The van der Waals surface area contributed by atoms with Crippen LogP contribution in [-0.4, -0.2) is 46.8 Å². The lowest BCUT2D eigenvalue weighted by atomic mass is 10.2. The van der Waals surface area contributed by atoms with E-state index < -0.39 is 35.3 Å². The summed E-state index contributed by atoms with van der Waals surface area (Å²) < 4.78 is 15.2. The van der Waals surface area contributed by atoms with Crippen LogP contribution in [0.4, 0.5) is 9.59 Å². The Bertz CT molecular complexity index is 554. The molecule has 0 aliphatic heterocycles. The first-order valence-electron chi connectivity index (χ1n) is 8.75. The molecule has 0 N–H and O–H groups in total. The summed E-state index contributed by atoms with van der Waals surface area (Å²) in [6.07, 6.45) is -1.58. The Morgan fingerprint density at radius 3 is 1.67 bits per heavy atom. The first kappa shape index (κ1) is 24.6. The van der Waals surface area contributed by atoms with E-state index in [0.717, 1.165) is 0 Å². The van der Waals surface area contributed by atoms with Gasteiger partial charge in [-0.1, -0.05) is 6.58 Å². The SMILES string of the molecule is C=C(C)C(=O)OCCCCC(=O)N(C(=O)OC(C)(C)C)C(=O)OC(C)(C)C. The van der Waals surface area contributed by atoms with E-state index in [9.17, 15) is 19.2 Å². The average molecular weight is 385 g/mol. The number of carbonyl (C=O) groups excluding carboxylic acids is 4. The molecular weight excluding hydrogens is 354 g/mol. The molecule has 0 saturated carbocycles. The summed E-state index contributed by atoms with van der Waals surface area (Å²) in [5.41, 5.74) is -1.48. The normalized spacial score (nSPS) is 11.4. The third-order valence-electron chi connectivity index (χ3n) is 2.77. The Morgan fingerprint density at radius 2 is 1.30 bits per heavy atom. The number of hydrogen-bond donors (Lipinski definition) is 0. The summed E-state index contributed by atoms with van der Waals surface area (Å²) in [5, 5.41) is 0. The second kappa shape index (κ2) is 10.1. The van der Waals surface area contributed by atoms with Crippen LogP contribution < -0.4 is 0 Å². The first-order chi connectivity index (χ1) is 12.1. The summed E-state index contributed by atoms with van der Waals surface area (Å²) >= 11 is 0. The molecule has 0 aromatic heterocycles. The molecule has 27 heavy (non-hydrogen) atoms. The van der Waals surface area contributed by atoms with E-state index >= 15 is 0 Å². The van der Waals surface area contributed by atoms with Gasteiger partial charge in [-0.2, -0.15) is 0 Å². The second-order valence-electron chi connectivity index (χ2n) is 8.06. The highest BCUT2D eigenvalue weighted by molar-refractivity contribution is 6.06. The predicted molar refractivity (Wildman–Crippen MR) is 98.9 cm³/mol. The van der Waals surface area contributed by atoms with Gasteiger partial charge in [0.25, 0.3) is 0 Å². The molecular formula is C19H31NO7. The van der Waals surface area contributed by atoms with Crippen molar-refractivity contribution >= 4 is 24.1 Å². The van der Waals surface area contributed by atoms with E-state index in [1.54, 1.807) is 41.5 Å². The van der Waals surface area contributed by atoms with Crippen molar-refractivity contribution in [1.29, 1.82) is 0 Å². The van der Waals surface area contributed by atoms with Crippen molar-refractivity contribution < 1.29 is 33.4 Å². The zero-order chi connectivity index (χ0) is 21.4. The van der Waals surface area contributed by atoms with E-state index in [2.05, 4.69) is 6.58 Å². The van der Waals surface area contributed by atoms with Crippen LogP contribution in [0.2, 0.25) is 0 Å². The quantitative estimate of drug-likeness (QED) is 0.295. The van der Waals surface area contributed by atoms with Crippen molar-refractivity contribution in [2.75, 3.05) is 6.61 Å². The molecule has 8 nitrogen and oxygen atoms in total. The van der Waals surface area contributed by atoms with Gasteiger partial charge in [-0.05, 0) is 61.3 Å². The molecule has 0 bridgehead atoms. The highest BCUT2D eigenvalue weighted by Gasteiger charge is 2.35. The topological polar surface area (TPSA) is 99.2 Å². The van der Waals surface area contributed by atoms with E-state index in [1.165, 1.54) is 6.92 Å². The summed E-state index contributed by atoms with van der Waals surface area (Å²) in [5.74, 6) is -1.25. The van der Waals surface area contributed by atoms with Crippen LogP contribution >= 0.6 is 0 Å². The predicted octanol–water partition coefficient (Wildman–Crippen LogP) is 3.97. The molecule has 8 heteroatoms. The fourth-order valence-electron chi connectivity index (χ4n) is 1.67. The minimum absolute atomic E-state index is 0.108. The highest BCUT2D eigenvalue weighted by Crippen LogP contribution is 2.16. The first-order valence-corrected chi connectivity index (χ1v) is 8.75. The number of unbranched alkanes of at least 4 members (excludes halogenated alkanes) is 1. The van der Waals surface area contributed by atoms with E-state index in [-0.39, 0.29) is 18.6 Å². The van der Waals surface area contributed by atoms with Crippen LogP contribution in [0.15, 0.2) is 12.2 Å². The summed E-state index contributed by atoms with van der Waals surface area (Å²) in [4.78, 5) is 48.6. The third-order valence-corrected chi connectivity index (χ3v) is 2.77. The molecule has 0 heterocycles. The fourth-order valence-corrected chi connectivity index (χ4v) is 1.67. The lowest BCUT2D eigenvalue weighted by Crippen LogP contribution is -2.46. The standard InChI is InChI=1S/C19H31NO7/c1-13(2)15(22)25-12-10-9-11-14(21)20(16(23)26-18(3,4)5)17(24)27-19(6,7)8/h1,9-12H2,2-8H3. The van der Waals surface area contributed by atoms with Gasteiger partial charge >= 0.3 is 18.2 Å². The molecule has 0 aliphatic rings. The van der Waals surface area contributed by atoms with Gasteiger partial charge in [0.15, 0.2) is 0 Å². The average Bonchev–Trinajstić information content (AvgIpc) is 2.42. The summed E-state index contributed by atoms with van der Waals surface area (Å²) in [6.45, 7) is 14.8. The zero-order valence-electron chi connectivity index (χ0n) is 17.3. The molecule has 0 rings (SSSR count). The molecule has 0 unspecified atom stereocenters. The van der Waals surface area contributed by atoms with Crippen LogP contribution in [-0.2, 0) is 23.8 Å². The van der Waals surface area contributed by atoms with Crippen molar-refractivity contribution in [3.05, 3.63) is 12.2 Å². The van der Waals surface area contributed by atoms with Gasteiger partial charge in [-0.15, -0.1) is 4.90 Å². The van der Waals surface area contributed by atoms with Gasteiger partial charge < -0.3 is 14.2 Å². The maximum absolute atomic E-state index is 12.4. The number of ether oxygens (including phenoxy) is 3. The third kappa shape index (κ3) is 11.0. The smallest absolute Gasteiger partial charge is 0.426 e. The molecule has 154 valence electrons. The van der Waals surface area contributed by atoms with Crippen LogP contribution in [0.3, 0.4) is 0 Å². The van der Waals surface area contributed by atoms with E-state index in [0.29, 0.717) is 17.7 Å². The summed E-state index contributed by atoms with van der Waals surface area (Å²) in [7, 11) is 0. The number of esters is 1. The Hall–Kier alpha value is -2.38. The summed E-state index contributed by atoms with van der Waals surface area (Å²) in [6, 6.07) is 0. The fraction of sp³-hybridized carbons (Fsp3) is 0.684. The molecule has 0 saturated heterocycles. The molecule has 0 atom stereocenters. The minimum atomic E-state index is -1.09. The molecule has 0 aromatic carbocycles. The largest absolute Gasteiger partial charge is 0.462 e. The molecule has 0 spiro atoms. The number of rotatable bonds is 6. The van der Waals surface area contributed by atoms with Gasteiger partial charge in [0.2, 0.25) is 5.91 Å². The Morgan fingerprint density at radius 1 is 0.852 bits per heavy atom. The van der Waals surface area contributed by atoms with Gasteiger partial charge in [-0.3, -0.25) is 4.79 Å². The second-order valence-corrected chi connectivity index (χ2v) is 8.06. The van der Waals surface area contributed by atoms with Crippen molar-refractivity contribution in [1.82, 2.24) is 4.90 Å². The monoisotopic (exact) mass is 385 g/mol. The van der Waals surface area contributed by atoms with Crippen molar-refractivity contribution in [2.24, 2.45) is 0 Å². The number of imide groups is 3. The zero-order valence-corrected chi connectivity index (χ0v) is 17.3.